The Hall–Kier alpha value is -0.0200. The topological polar surface area (TPSA) is 28.7 Å². The molecule has 0 radical (unpaired) electrons. The van der Waals surface area contributed by atoms with Crippen molar-refractivity contribution < 1.29 is 0 Å². The lowest BCUT2D eigenvalue weighted by atomic mass is 10.6. The van der Waals surface area contributed by atoms with Crippen molar-refractivity contribution in [3.05, 3.63) is 16.6 Å². The Morgan fingerprint density at radius 3 is 2.50 bits per heavy atom. The van der Waals surface area contributed by atoms with Crippen LogP contribution in [0, 0.1) is 6.92 Å². The van der Waals surface area contributed by atoms with Crippen LogP contribution in [0.4, 0.5) is 0 Å². The molecule has 2 nitrogen and oxygen atoms in total. The minimum atomic E-state index is 0. The Labute approximate surface area is 62.2 Å². The van der Waals surface area contributed by atoms with E-state index in [1.54, 1.807) is 6.20 Å². The van der Waals surface area contributed by atoms with Crippen molar-refractivity contribution >= 4 is 28.3 Å². The second-order valence-corrected chi connectivity index (χ2v) is 2.11. The number of halogens is 2. The molecule has 0 aliphatic rings. The zero-order valence-electron chi connectivity index (χ0n) is 4.31. The van der Waals surface area contributed by atoms with Gasteiger partial charge in [0.05, 0.1) is 0 Å². The third-order valence-electron chi connectivity index (χ3n) is 0.672. The standard InChI is InChI=1S/C4H5BrN2.ClH/c1-3-2-6-4(5)7-3;/h2H,1H3,(H,6,7);1H. The maximum Gasteiger partial charge on any atom is 0.174 e. The van der Waals surface area contributed by atoms with E-state index < -0.39 is 0 Å². The van der Waals surface area contributed by atoms with Gasteiger partial charge in [0.25, 0.3) is 0 Å². The number of hydrogen-bond acceptors (Lipinski definition) is 1. The van der Waals surface area contributed by atoms with Crippen molar-refractivity contribution in [2.24, 2.45) is 0 Å². The monoisotopic (exact) mass is 196 g/mol. The molecule has 0 fully saturated rings. The summed E-state index contributed by atoms with van der Waals surface area (Å²) >= 11 is 3.17. The molecular formula is C4H6BrClN2. The van der Waals surface area contributed by atoms with E-state index in [9.17, 15) is 0 Å². The molecule has 1 heterocycles. The number of nitrogens with one attached hydrogen (secondary N) is 1. The average molecular weight is 197 g/mol. The number of aromatic nitrogens is 2. The third-order valence-corrected chi connectivity index (χ3v) is 1.07. The Morgan fingerprint density at radius 1 is 1.75 bits per heavy atom. The van der Waals surface area contributed by atoms with Gasteiger partial charge >= 0.3 is 0 Å². The molecule has 8 heavy (non-hydrogen) atoms. The largest absolute Gasteiger partial charge is 0.337 e. The van der Waals surface area contributed by atoms with Gasteiger partial charge in [0.2, 0.25) is 0 Å². The van der Waals surface area contributed by atoms with Gasteiger partial charge in [0.1, 0.15) is 0 Å². The molecule has 1 aromatic heterocycles. The predicted molar refractivity (Wildman–Crippen MR) is 38.3 cm³/mol. The van der Waals surface area contributed by atoms with Gasteiger partial charge in [-0.2, -0.15) is 0 Å². The molecule has 0 aliphatic carbocycles. The van der Waals surface area contributed by atoms with Gasteiger partial charge in [0, 0.05) is 11.9 Å². The first kappa shape index (κ1) is 7.98. The summed E-state index contributed by atoms with van der Waals surface area (Å²) in [6.07, 6.45) is 1.77. The van der Waals surface area contributed by atoms with Crippen LogP contribution in [0.2, 0.25) is 0 Å². The summed E-state index contributed by atoms with van der Waals surface area (Å²) in [7, 11) is 0. The molecule has 4 heteroatoms. The van der Waals surface area contributed by atoms with Crippen LogP contribution in [0.1, 0.15) is 5.69 Å². The van der Waals surface area contributed by atoms with E-state index in [4.69, 9.17) is 0 Å². The van der Waals surface area contributed by atoms with Crippen LogP contribution < -0.4 is 0 Å². The molecule has 46 valence electrons. The summed E-state index contributed by atoms with van der Waals surface area (Å²) in [6, 6.07) is 0. The van der Waals surface area contributed by atoms with Gasteiger partial charge in [-0.25, -0.2) is 4.98 Å². The summed E-state index contributed by atoms with van der Waals surface area (Å²) in [6.45, 7) is 1.96. The molecule has 0 spiro atoms. The van der Waals surface area contributed by atoms with Gasteiger partial charge < -0.3 is 4.98 Å². The van der Waals surface area contributed by atoms with Gasteiger partial charge in [-0.1, -0.05) is 0 Å². The van der Waals surface area contributed by atoms with Crippen LogP contribution in [0.25, 0.3) is 0 Å². The highest BCUT2D eigenvalue weighted by atomic mass is 79.9. The van der Waals surface area contributed by atoms with E-state index in [1.165, 1.54) is 0 Å². The second-order valence-electron chi connectivity index (χ2n) is 1.36. The van der Waals surface area contributed by atoms with Crippen LogP contribution in [0.15, 0.2) is 10.9 Å². The quantitative estimate of drug-likeness (QED) is 0.676. The zero-order chi connectivity index (χ0) is 5.28. The Bertz CT molecular complexity index is 146. The van der Waals surface area contributed by atoms with Crippen LogP contribution in [-0.4, -0.2) is 9.97 Å². The van der Waals surface area contributed by atoms with E-state index in [0.717, 1.165) is 10.4 Å². The smallest absolute Gasteiger partial charge is 0.174 e. The minimum Gasteiger partial charge on any atom is -0.337 e. The number of aromatic amines is 1. The molecule has 1 rings (SSSR count). The minimum absolute atomic E-state index is 0. The number of imidazole rings is 1. The summed E-state index contributed by atoms with van der Waals surface area (Å²) in [5.74, 6) is 0. The molecule has 0 amide bonds. The van der Waals surface area contributed by atoms with Gasteiger partial charge in [0.15, 0.2) is 4.73 Å². The summed E-state index contributed by atoms with van der Waals surface area (Å²) in [5, 5.41) is 0. The van der Waals surface area contributed by atoms with E-state index in [2.05, 4.69) is 25.9 Å². The normalized spacial score (nSPS) is 8.25. The molecular weight excluding hydrogens is 191 g/mol. The van der Waals surface area contributed by atoms with Gasteiger partial charge in [-0.3, -0.25) is 0 Å². The molecule has 1 N–H and O–H groups in total. The van der Waals surface area contributed by atoms with Gasteiger partial charge in [-0.05, 0) is 22.9 Å². The maximum atomic E-state index is 3.88. The van der Waals surface area contributed by atoms with E-state index >= 15 is 0 Å². The van der Waals surface area contributed by atoms with Crippen LogP contribution in [0.3, 0.4) is 0 Å². The molecule has 1 aromatic rings. The van der Waals surface area contributed by atoms with Crippen molar-refractivity contribution in [2.45, 2.75) is 6.92 Å². The van der Waals surface area contributed by atoms with Crippen molar-refractivity contribution in [1.29, 1.82) is 0 Å². The lowest BCUT2D eigenvalue weighted by Crippen LogP contribution is -1.63. The third kappa shape index (κ3) is 1.84. The zero-order valence-corrected chi connectivity index (χ0v) is 6.71. The number of nitrogens with zero attached hydrogens (tertiary/aromatic N) is 1. The second kappa shape index (κ2) is 3.10. The molecule has 0 atom stereocenters. The molecule has 0 aliphatic heterocycles. The fourth-order valence-electron chi connectivity index (χ4n) is 0.381. The lowest BCUT2D eigenvalue weighted by Gasteiger charge is -1.72. The molecule has 0 bridgehead atoms. The Balaban J connectivity index is 0.000000490. The van der Waals surface area contributed by atoms with E-state index in [-0.39, 0.29) is 12.4 Å². The highest BCUT2D eigenvalue weighted by Gasteiger charge is 1.85. The lowest BCUT2D eigenvalue weighted by molar-refractivity contribution is 1.20. The first-order valence-corrected chi connectivity index (χ1v) is 2.75. The fourth-order valence-corrected chi connectivity index (χ4v) is 0.796. The number of rotatable bonds is 0. The highest BCUT2D eigenvalue weighted by molar-refractivity contribution is 9.10. The number of H-pyrrole nitrogens is 1. The number of hydrogen-bond donors (Lipinski definition) is 1. The SMILES string of the molecule is Cc1cnc(Br)[nH]1.Cl. The summed E-state index contributed by atoms with van der Waals surface area (Å²) in [5.41, 5.74) is 1.08. The highest BCUT2D eigenvalue weighted by Crippen LogP contribution is 2.00. The summed E-state index contributed by atoms with van der Waals surface area (Å²) in [4.78, 5) is 6.82. The van der Waals surface area contributed by atoms with Crippen molar-refractivity contribution in [2.75, 3.05) is 0 Å². The average Bonchev–Trinajstić information content (AvgIpc) is 1.87. The van der Waals surface area contributed by atoms with E-state index in [1.807, 2.05) is 6.92 Å². The Kier molecular flexibility index (Phi) is 3.09. The van der Waals surface area contributed by atoms with Crippen LogP contribution >= 0.6 is 28.3 Å². The molecule has 0 saturated heterocycles. The number of aryl methyl sites for hydroxylation is 1. The molecule has 0 saturated carbocycles. The molecule has 0 aromatic carbocycles. The Morgan fingerprint density at radius 2 is 2.38 bits per heavy atom. The first-order valence-electron chi connectivity index (χ1n) is 1.96. The first-order chi connectivity index (χ1) is 3.29. The van der Waals surface area contributed by atoms with Crippen molar-refractivity contribution in [3.63, 3.8) is 0 Å². The predicted octanol–water partition coefficient (Wildman–Crippen LogP) is 1.90. The van der Waals surface area contributed by atoms with Crippen LogP contribution in [0.5, 0.6) is 0 Å². The van der Waals surface area contributed by atoms with E-state index in [0.29, 0.717) is 0 Å². The summed E-state index contributed by atoms with van der Waals surface area (Å²) < 4.78 is 0.796. The van der Waals surface area contributed by atoms with Gasteiger partial charge in [-0.15, -0.1) is 12.4 Å². The molecule has 0 unspecified atom stereocenters. The van der Waals surface area contributed by atoms with Crippen molar-refractivity contribution in [1.82, 2.24) is 9.97 Å². The maximum absolute atomic E-state index is 3.88. The van der Waals surface area contributed by atoms with Crippen molar-refractivity contribution in [3.8, 4) is 0 Å². The fraction of sp³-hybridized carbons (Fsp3) is 0.250. The van der Waals surface area contributed by atoms with Crippen LogP contribution in [-0.2, 0) is 0 Å².